The molecule has 3 atom stereocenters. The number of fused-ring (bicyclic) bond motifs is 2. The fourth-order valence-corrected chi connectivity index (χ4v) is 4.39. The van der Waals surface area contributed by atoms with E-state index in [1.54, 1.807) is 12.1 Å². The number of nitrogen functional groups attached to an aromatic ring is 1. The molecule has 21 heavy (non-hydrogen) atoms. The molecule has 114 valence electrons. The zero-order chi connectivity index (χ0) is 15.4. The number of ether oxygens (including phenoxy) is 1. The second-order valence-corrected chi connectivity index (χ2v) is 7.52. The van der Waals surface area contributed by atoms with Crippen molar-refractivity contribution in [3.05, 3.63) is 23.8 Å². The summed E-state index contributed by atoms with van der Waals surface area (Å²) in [5, 5.41) is 0. The molecule has 3 nitrogen and oxygen atoms in total. The van der Waals surface area contributed by atoms with Crippen molar-refractivity contribution in [2.45, 2.75) is 53.1 Å². The minimum Gasteiger partial charge on any atom is -0.490 e. The molecule has 1 aromatic carbocycles. The molecule has 0 saturated heterocycles. The predicted molar refractivity (Wildman–Crippen MR) is 84.5 cm³/mol. The largest absolute Gasteiger partial charge is 0.490 e. The van der Waals surface area contributed by atoms with Gasteiger partial charge in [0.05, 0.1) is 0 Å². The smallest absolute Gasteiger partial charge is 0.162 e. The van der Waals surface area contributed by atoms with Crippen LogP contribution in [0.1, 0.15) is 57.3 Å². The summed E-state index contributed by atoms with van der Waals surface area (Å²) in [7, 11) is 0. The molecule has 0 amide bonds. The van der Waals surface area contributed by atoms with Crippen molar-refractivity contribution >= 4 is 11.5 Å². The molecule has 0 aliphatic heterocycles. The normalized spacial score (nSPS) is 33.1. The van der Waals surface area contributed by atoms with Gasteiger partial charge in [0.2, 0.25) is 0 Å². The molecule has 2 fully saturated rings. The van der Waals surface area contributed by atoms with Crippen LogP contribution in [0.4, 0.5) is 5.69 Å². The molecule has 2 saturated carbocycles. The van der Waals surface area contributed by atoms with Crippen LogP contribution in [0.5, 0.6) is 5.75 Å². The van der Waals surface area contributed by atoms with Crippen LogP contribution in [0, 0.1) is 16.7 Å². The maximum absolute atomic E-state index is 11.6. The van der Waals surface area contributed by atoms with Crippen LogP contribution in [-0.4, -0.2) is 11.9 Å². The third-order valence-electron chi connectivity index (χ3n) is 6.40. The maximum Gasteiger partial charge on any atom is 0.162 e. The fourth-order valence-electron chi connectivity index (χ4n) is 4.39. The third kappa shape index (κ3) is 1.97. The Labute approximate surface area is 126 Å². The summed E-state index contributed by atoms with van der Waals surface area (Å²) in [5.41, 5.74) is 7.48. The van der Waals surface area contributed by atoms with E-state index in [9.17, 15) is 4.79 Å². The Morgan fingerprint density at radius 2 is 2.05 bits per heavy atom. The lowest BCUT2D eigenvalue weighted by atomic mass is 9.70. The van der Waals surface area contributed by atoms with Crippen LogP contribution in [0.15, 0.2) is 18.2 Å². The molecule has 1 aromatic rings. The molecule has 3 rings (SSSR count). The SMILES string of the molecule is CC(=O)c1cc(OC2CC3CCC2(C)C3(C)C)ccc1N. The molecule has 3 unspecified atom stereocenters. The molecule has 0 spiro atoms. The first-order chi connectivity index (χ1) is 9.75. The van der Waals surface area contributed by atoms with Crippen molar-refractivity contribution in [3.8, 4) is 5.75 Å². The molecule has 0 heterocycles. The average Bonchev–Trinajstić information content (AvgIpc) is 2.74. The highest BCUT2D eigenvalue weighted by atomic mass is 16.5. The number of rotatable bonds is 3. The topological polar surface area (TPSA) is 52.3 Å². The number of carbonyl (C=O) groups excluding carboxylic acids is 1. The lowest BCUT2D eigenvalue weighted by Crippen LogP contribution is -2.38. The summed E-state index contributed by atoms with van der Waals surface area (Å²) in [6, 6.07) is 5.44. The summed E-state index contributed by atoms with van der Waals surface area (Å²) >= 11 is 0. The minimum absolute atomic E-state index is 0.0163. The van der Waals surface area contributed by atoms with Gasteiger partial charge in [-0.2, -0.15) is 0 Å². The zero-order valence-electron chi connectivity index (χ0n) is 13.4. The van der Waals surface area contributed by atoms with Crippen LogP contribution in [-0.2, 0) is 0 Å². The standard InChI is InChI=1S/C18H25NO2/c1-11(20)14-10-13(5-6-15(14)19)21-16-9-12-7-8-18(16,4)17(12,2)3/h5-6,10,12,16H,7-9,19H2,1-4H3. The van der Waals surface area contributed by atoms with E-state index in [-0.39, 0.29) is 17.3 Å². The Morgan fingerprint density at radius 3 is 2.57 bits per heavy atom. The van der Waals surface area contributed by atoms with Gasteiger partial charge < -0.3 is 10.5 Å². The van der Waals surface area contributed by atoms with Gasteiger partial charge in [0.25, 0.3) is 0 Å². The van der Waals surface area contributed by atoms with E-state index < -0.39 is 0 Å². The number of anilines is 1. The number of carbonyl (C=O) groups is 1. The monoisotopic (exact) mass is 287 g/mol. The molecular weight excluding hydrogens is 262 g/mol. The lowest BCUT2D eigenvalue weighted by Gasteiger charge is -2.38. The van der Waals surface area contributed by atoms with E-state index >= 15 is 0 Å². The van der Waals surface area contributed by atoms with Crippen molar-refractivity contribution in [2.75, 3.05) is 5.73 Å². The molecule has 0 radical (unpaired) electrons. The first kappa shape index (κ1) is 14.4. The van der Waals surface area contributed by atoms with Gasteiger partial charge in [0.15, 0.2) is 5.78 Å². The number of hydrogen-bond acceptors (Lipinski definition) is 3. The van der Waals surface area contributed by atoms with Crippen LogP contribution >= 0.6 is 0 Å². The van der Waals surface area contributed by atoms with Crippen LogP contribution in [0.3, 0.4) is 0 Å². The van der Waals surface area contributed by atoms with Crippen LogP contribution in [0.2, 0.25) is 0 Å². The summed E-state index contributed by atoms with van der Waals surface area (Å²) in [6.45, 7) is 8.64. The zero-order valence-corrected chi connectivity index (χ0v) is 13.4. The number of ketones is 1. The van der Waals surface area contributed by atoms with Crippen molar-refractivity contribution in [1.82, 2.24) is 0 Å². The maximum atomic E-state index is 11.6. The van der Waals surface area contributed by atoms with E-state index in [2.05, 4.69) is 20.8 Å². The van der Waals surface area contributed by atoms with Gasteiger partial charge in [-0.15, -0.1) is 0 Å². The van der Waals surface area contributed by atoms with Crippen LogP contribution < -0.4 is 10.5 Å². The van der Waals surface area contributed by atoms with Gasteiger partial charge in [-0.3, -0.25) is 4.79 Å². The summed E-state index contributed by atoms with van der Waals surface area (Å²) in [4.78, 5) is 11.6. The first-order valence-electron chi connectivity index (χ1n) is 7.83. The van der Waals surface area contributed by atoms with Gasteiger partial charge in [-0.05, 0) is 55.7 Å². The van der Waals surface area contributed by atoms with Gasteiger partial charge in [-0.1, -0.05) is 20.8 Å². The molecule has 2 N–H and O–H groups in total. The molecule has 2 aliphatic rings. The predicted octanol–water partition coefficient (Wildman–Crippen LogP) is 4.07. The number of Topliss-reactive ketones (excluding diaryl/α,β-unsaturated/α-hetero) is 1. The molecule has 2 aliphatic carbocycles. The average molecular weight is 287 g/mol. The Bertz CT molecular complexity index is 593. The van der Waals surface area contributed by atoms with Gasteiger partial charge in [0.1, 0.15) is 11.9 Å². The summed E-state index contributed by atoms with van der Waals surface area (Å²) in [5.74, 6) is 1.50. The molecule has 2 bridgehead atoms. The van der Waals surface area contributed by atoms with Gasteiger partial charge in [0, 0.05) is 16.7 Å². The van der Waals surface area contributed by atoms with Crippen molar-refractivity contribution in [3.63, 3.8) is 0 Å². The molecule has 3 heteroatoms. The highest BCUT2D eigenvalue weighted by molar-refractivity contribution is 5.99. The van der Waals surface area contributed by atoms with Gasteiger partial charge in [-0.25, -0.2) is 0 Å². The number of hydrogen-bond donors (Lipinski definition) is 1. The quantitative estimate of drug-likeness (QED) is 0.673. The van der Waals surface area contributed by atoms with Crippen molar-refractivity contribution in [2.24, 2.45) is 16.7 Å². The van der Waals surface area contributed by atoms with E-state index in [0.29, 0.717) is 16.7 Å². The number of benzene rings is 1. The Balaban J connectivity index is 1.86. The Kier molecular flexibility index (Phi) is 3.09. The Morgan fingerprint density at radius 1 is 1.33 bits per heavy atom. The second kappa shape index (κ2) is 4.49. The van der Waals surface area contributed by atoms with Crippen LogP contribution in [0.25, 0.3) is 0 Å². The molecular formula is C18H25NO2. The van der Waals surface area contributed by atoms with Crippen molar-refractivity contribution < 1.29 is 9.53 Å². The second-order valence-electron chi connectivity index (χ2n) is 7.52. The van der Waals surface area contributed by atoms with E-state index in [4.69, 9.17) is 10.5 Å². The van der Waals surface area contributed by atoms with E-state index in [1.165, 1.54) is 19.8 Å². The number of nitrogens with two attached hydrogens (primary N) is 1. The van der Waals surface area contributed by atoms with Crippen molar-refractivity contribution in [1.29, 1.82) is 0 Å². The van der Waals surface area contributed by atoms with Gasteiger partial charge >= 0.3 is 0 Å². The van der Waals surface area contributed by atoms with E-state index in [1.807, 2.05) is 6.07 Å². The first-order valence-corrected chi connectivity index (χ1v) is 7.83. The lowest BCUT2D eigenvalue weighted by molar-refractivity contribution is 0.0301. The summed E-state index contributed by atoms with van der Waals surface area (Å²) in [6.07, 6.45) is 3.88. The highest BCUT2D eigenvalue weighted by Crippen LogP contribution is 2.66. The van der Waals surface area contributed by atoms with E-state index in [0.717, 1.165) is 18.1 Å². The highest BCUT2D eigenvalue weighted by Gasteiger charge is 2.62. The third-order valence-corrected chi connectivity index (χ3v) is 6.40. The minimum atomic E-state index is -0.0163. The molecule has 0 aromatic heterocycles. The fraction of sp³-hybridized carbons (Fsp3) is 0.611. The Hall–Kier alpha value is -1.51. The summed E-state index contributed by atoms with van der Waals surface area (Å²) < 4.78 is 6.29.